The largest absolute Gasteiger partial charge is 0.381 e. The summed E-state index contributed by atoms with van der Waals surface area (Å²) >= 11 is 0. The summed E-state index contributed by atoms with van der Waals surface area (Å²) in [4.78, 5) is 0. The van der Waals surface area contributed by atoms with Gasteiger partial charge in [0.1, 0.15) is 0 Å². The summed E-state index contributed by atoms with van der Waals surface area (Å²) in [6.45, 7) is 6.78. The molecule has 0 amide bonds. The third-order valence-corrected chi connectivity index (χ3v) is 3.11. The lowest BCUT2D eigenvalue weighted by atomic mass is 10.0. The Bertz CT molecular complexity index is 320. The molecule has 1 aliphatic rings. The number of aromatic nitrogens is 3. The molecular formula is C12H22N4O. The Morgan fingerprint density at radius 2 is 2.29 bits per heavy atom. The fraction of sp³-hybridized carbons (Fsp3) is 0.833. The second kappa shape index (κ2) is 6.71. The molecule has 1 fully saturated rings. The average molecular weight is 238 g/mol. The summed E-state index contributed by atoms with van der Waals surface area (Å²) in [5.41, 5.74) is 1.03. The van der Waals surface area contributed by atoms with E-state index in [-0.39, 0.29) is 0 Å². The monoisotopic (exact) mass is 238 g/mol. The Labute approximate surface area is 103 Å². The van der Waals surface area contributed by atoms with Gasteiger partial charge in [-0.15, -0.1) is 5.10 Å². The lowest BCUT2D eigenvalue weighted by Crippen LogP contribution is -2.20. The molecule has 0 aliphatic carbocycles. The highest BCUT2D eigenvalue weighted by atomic mass is 16.5. The highest BCUT2D eigenvalue weighted by molar-refractivity contribution is 4.91. The zero-order valence-electron chi connectivity index (χ0n) is 10.6. The van der Waals surface area contributed by atoms with Gasteiger partial charge in [0.05, 0.1) is 5.69 Å². The fourth-order valence-corrected chi connectivity index (χ4v) is 2.10. The predicted molar refractivity (Wildman–Crippen MR) is 65.6 cm³/mol. The molecule has 0 radical (unpaired) electrons. The molecule has 0 saturated carbocycles. The molecule has 2 rings (SSSR count). The number of hydrogen-bond donors (Lipinski definition) is 1. The van der Waals surface area contributed by atoms with Crippen LogP contribution in [-0.2, 0) is 17.8 Å². The Balaban J connectivity index is 1.76. The molecule has 2 heterocycles. The molecule has 0 spiro atoms. The van der Waals surface area contributed by atoms with Gasteiger partial charge in [-0.1, -0.05) is 12.1 Å². The molecular weight excluding hydrogens is 216 g/mol. The van der Waals surface area contributed by atoms with Gasteiger partial charge in [-0.25, -0.2) is 0 Å². The van der Waals surface area contributed by atoms with Crippen LogP contribution >= 0.6 is 0 Å². The Morgan fingerprint density at radius 3 is 3.06 bits per heavy atom. The normalized spacial score (nSPS) is 17.5. The molecule has 1 aliphatic heterocycles. The Morgan fingerprint density at radius 1 is 1.47 bits per heavy atom. The van der Waals surface area contributed by atoms with Gasteiger partial charge in [-0.3, -0.25) is 4.68 Å². The molecule has 17 heavy (non-hydrogen) atoms. The molecule has 5 heteroatoms. The molecule has 96 valence electrons. The van der Waals surface area contributed by atoms with Gasteiger partial charge in [0.15, 0.2) is 0 Å². The molecule has 5 nitrogen and oxygen atoms in total. The summed E-state index contributed by atoms with van der Waals surface area (Å²) in [6, 6.07) is 0. The fourth-order valence-electron chi connectivity index (χ4n) is 2.10. The van der Waals surface area contributed by atoms with Gasteiger partial charge in [0.2, 0.25) is 0 Å². The standard InChI is InChI=1S/C12H22N4O/c1-2-5-13-8-12-10-16(15-14-12)9-11-3-6-17-7-4-11/h10-11,13H,2-9H2,1H3. The lowest BCUT2D eigenvalue weighted by molar-refractivity contribution is 0.0600. The molecule has 0 aromatic carbocycles. The zero-order valence-corrected chi connectivity index (χ0v) is 10.6. The van der Waals surface area contributed by atoms with Crippen LogP contribution in [0.2, 0.25) is 0 Å². The summed E-state index contributed by atoms with van der Waals surface area (Å²) in [5, 5.41) is 11.7. The van der Waals surface area contributed by atoms with Gasteiger partial charge in [-0.05, 0) is 31.7 Å². The Hall–Kier alpha value is -0.940. The van der Waals surface area contributed by atoms with Crippen LogP contribution < -0.4 is 5.32 Å². The first-order chi connectivity index (χ1) is 8.38. The summed E-state index contributed by atoms with van der Waals surface area (Å²) in [5.74, 6) is 0.696. The lowest BCUT2D eigenvalue weighted by Gasteiger charge is -2.21. The van der Waals surface area contributed by atoms with Crippen molar-refractivity contribution in [2.24, 2.45) is 5.92 Å². The number of ether oxygens (including phenoxy) is 1. The van der Waals surface area contributed by atoms with Crippen LogP contribution in [-0.4, -0.2) is 34.8 Å². The quantitative estimate of drug-likeness (QED) is 0.757. The number of hydrogen-bond acceptors (Lipinski definition) is 4. The third kappa shape index (κ3) is 4.09. The molecule has 1 N–H and O–H groups in total. The minimum absolute atomic E-state index is 0.696. The smallest absolute Gasteiger partial charge is 0.0964 e. The Kier molecular flexibility index (Phi) is 4.94. The van der Waals surface area contributed by atoms with Crippen LogP contribution in [0.1, 0.15) is 31.9 Å². The van der Waals surface area contributed by atoms with Crippen molar-refractivity contribution in [2.75, 3.05) is 19.8 Å². The first-order valence-corrected chi connectivity index (χ1v) is 6.56. The second-order valence-corrected chi connectivity index (χ2v) is 4.66. The van der Waals surface area contributed by atoms with Crippen LogP contribution in [0.15, 0.2) is 6.20 Å². The van der Waals surface area contributed by atoms with Gasteiger partial charge < -0.3 is 10.1 Å². The van der Waals surface area contributed by atoms with Crippen molar-refractivity contribution in [3.63, 3.8) is 0 Å². The van der Waals surface area contributed by atoms with E-state index >= 15 is 0 Å². The first-order valence-electron chi connectivity index (χ1n) is 6.56. The SMILES string of the molecule is CCCNCc1cn(CC2CCOCC2)nn1. The van der Waals surface area contributed by atoms with Crippen LogP contribution in [0.5, 0.6) is 0 Å². The summed E-state index contributed by atoms with van der Waals surface area (Å²) < 4.78 is 7.32. The maximum atomic E-state index is 5.35. The molecule has 1 aromatic rings. The minimum Gasteiger partial charge on any atom is -0.381 e. The van der Waals surface area contributed by atoms with E-state index in [0.29, 0.717) is 5.92 Å². The van der Waals surface area contributed by atoms with Gasteiger partial charge in [0, 0.05) is 32.5 Å². The number of rotatable bonds is 6. The highest BCUT2D eigenvalue weighted by Gasteiger charge is 2.14. The van der Waals surface area contributed by atoms with E-state index in [1.807, 2.05) is 4.68 Å². The summed E-state index contributed by atoms with van der Waals surface area (Å²) in [6.07, 6.45) is 5.49. The van der Waals surface area contributed by atoms with Crippen molar-refractivity contribution in [1.29, 1.82) is 0 Å². The van der Waals surface area contributed by atoms with Crippen LogP contribution in [0, 0.1) is 5.92 Å². The first kappa shape index (κ1) is 12.5. The van der Waals surface area contributed by atoms with E-state index in [0.717, 1.165) is 57.8 Å². The third-order valence-electron chi connectivity index (χ3n) is 3.11. The van der Waals surface area contributed by atoms with E-state index in [1.165, 1.54) is 0 Å². The van der Waals surface area contributed by atoms with Crippen molar-refractivity contribution >= 4 is 0 Å². The minimum atomic E-state index is 0.696. The number of nitrogens with one attached hydrogen (secondary N) is 1. The molecule has 0 bridgehead atoms. The van der Waals surface area contributed by atoms with Gasteiger partial charge >= 0.3 is 0 Å². The van der Waals surface area contributed by atoms with E-state index in [9.17, 15) is 0 Å². The van der Waals surface area contributed by atoms with Crippen molar-refractivity contribution in [3.05, 3.63) is 11.9 Å². The molecule has 1 saturated heterocycles. The maximum Gasteiger partial charge on any atom is 0.0964 e. The molecule has 0 atom stereocenters. The average Bonchev–Trinajstić information content (AvgIpc) is 2.79. The topological polar surface area (TPSA) is 52.0 Å². The van der Waals surface area contributed by atoms with Crippen LogP contribution in [0.25, 0.3) is 0 Å². The van der Waals surface area contributed by atoms with E-state index in [2.05, 4.69) is 28.7 Å². The summed E-state index contributed by atoms with van der Waals surface area (Å²) in [7, 11) is 0. The molecule has 1 aromatic heterocycles. The van der Waals surface area contributed by atoms with E-state index < -0.39 is 0 Å². The van der Waals surface area contributed by atoms with Crippen molar-refractivity contribution < 1.29 is 4.74 Å². The van der Waals surface area contributed by atoms with Crippen molar-refractivity contribution in [2.45, 2.75) is 39.3 Å². The van der Waals surface area contributed by atoms with Crippen molar-refractivity contribution in [1.82, 2.24) is 20.3 Å². The van der Waals surface area contributed by atoms with Gasteiger partial charge in [0.25, 0.3) is 0 Å². The van der Waals surface area contributed by atoms with E-state index in [1.54, 1.807) is 0 Å². The maximum absolute atomic E-state index is 5.35. The van der Waals surface area contributed by atoms with E-state index in [4.69, 9.17) is 4.74 Å². The predicted octanol–water partition coefficient (Wildman–Crippen LogP) is 1.20. The van der Waals surface area contributed by atoms with Crippen LogP contribution in [0.4, 0.5) is 0 Å². The van der Waals surface area contributed by atoms with Gasteiger partial charge in [-0.2, -0.15) is 0 Å². The number of nitrogens with zero attached hydrogens (tertiary/aromatic N) is 3. The zero-order chi connectivity index (χ0) is 11.9. The van der Waals surface area contributed by atoms with Crippen molar-refractivity contribution in [3.8, 4) is 0 Å². The second-order valence-electron chi connectivity index (χ2n) is 4.66. The molecule has 0 unspecified atom stereocenters. The highest BCUT2D eigenvalue weighted by Crippen LogP contribution is 2.16. The van der Waals surface area contributed by atoms with Crippen LogP contribution in [0.3, 0.4) is 0 Å².